The quantitative estimate of drug-likeness (QED) is 0.259. The van der Waals surface area contributed by atoms with E-state index >= 15 is 0 Å². The third-order valence-electron chi connectivity index (χ3n) is 7.85. The van der Waals surface area contributed by atoms with Gasteiger partial charge in [0.25, 0.3) is 0 Å². The predicted octanol–water partition coefficient (Wildman–Crippen LogP) is 4.70. The molecule has 3 N–H and O–H groups in total. The van der Waals surface area contributed by atoms with Gasteiger partial charge >= 0.3 is 12.0 Å². The van der Waals surface area contributed by atoms with Crippen LogP contribution in [0.25, 0.3) is 0 Å². The molecule has 1 aliphatic carbocycles. The Balaban J connectivity index is 1.51. The number of unbranched alkanes of at least 4 members (excludes halogenated alkanes) is 1. The van der Waals surface area contributed by atoms with Gasteiger partial charge in [0.2, 0.25) is 0 Å². The van der Waals surface area contributed by atoms with Crippen LogP contribution in [0.1, 0.15) is 90.3 Å². The number of nitrogens with zero attached hydrogens (tertiary/aromatic N) is 3. The van der Waals surface area contributed by atoms with Gasteiger partial charge in [-0.05, 0) is 97.2 Å². The standard InChI is InChI=1S/C30H51N5O4/c1-22(2)35(23(3)4)30(38)33-27(29(36)37)16-19-34(20-21-39-26-12-5-6-13-26)18-8-7-11-25-15-14-24-10-9-17-31-28(24)32-25/h14-15,22-23,26-27H,5-13,16-21H2,1-4H3,(H,31,32)(H,33,38)(H,36,37)/t27-/m0/s1. The summed E-state index contributed by atoms with van der Waals surface area (Å²) in [5.41, 5.74) is 2.43. The van der Waals surface area contributed by atoms with E-state index in [1.54, 1.807) is 4.90 Å². The second kappa shape index (κ2) is 16.0. The Labute approximate surface area is 235 Å². The number of hydrogen-bond donors (Lipinski definition) is 3. The maximum absolute atomic E-state index is 12.8. The summed E-state index contributed by atoms with van der Waals surface area (Å²) in [6.07, 6.45) is 10.7. The first-order chi connectivity index (χ1) is 18.7. The molecule has 2 amide bonds. The number of carbonyl (C=O) groups excluding carboxylic acids is 1. The molecule has 0 unspecified atom stereocenters. The zero-order valence-corrected chi connectivity index (χ0v) is 24.6. The van der Waals surface area contributed by atoms with E-state index in [-0.39, 0.29) is 18.1 Å². The Hall–Kier alpha value is -2.39. The summed E-state index contributed by atoms with van der Waals surface area (Å²) >= 11 is 0. The predicted molar refractivity (Wildman–Crippen MR) is 155 cm³/mol. The lowest BCUT2D eigenvalue weighted by molar-refractivity contribution is -0.139. The van der Waals surface area contributed by atoms with E-state index in [4.69, 9.17) is 9.72 Å². The summed E-state index contributed by atoms with van der Waals surface area (Å²) in [5.74, 6) is 0.0461. The fourth-order valence-electron chi connectivity index (χ4n) is 5.75. The van der Waals surface area contributed by atoms with Crippen molar-refractivity contribution in [3.63, 3.8) is 0 Å². The maximum Gasteiger partial charge on any atom is 0.326 e. The number of carboxylic acid groups (broad SMARTS) is 1. The van der Waals surface area contributed by atoms with Gasteiger partial charge in [0.05, 0.1) is 12.7 Å². The first-order valence-corrected chi connectivity index (χ1v) is 15.1. The van der Waals surface area contributed by atoms with E-state index in [1.807, 2.05) is 27.7 Å². The van der Waals surface area contributed by atoms with E-state index in [0.29, 0.717) is 25.7 Å². The molecule has 0 saturated heterocycles. The van der Waals surface area contributed by atoms with Crippen molar-refractivity contribution in [3.8, 4) is 0 Å². The van der Waals surface area contributed by atoms with Crippen LogP contribution in [0.3, 0.4) is 0 Å². The molecule has 2 aliphatic rings. The average molecular weight is 546 g/mol. The van der Waals surface area contributed by atoms with Crippen molar-refractivity contribution in [1.82, 2.24) is 20.1 Å². The van der Waals surface area contributed by atoms with Gasteiger partial charge in [0.1, 0.15) is 11.9 Å². The molecule has 1 aromatic heterocycles. The Morgan fingerprint density at radius 3 is 2.51 bits per heavy atom. The Bertz CT molecular complexity index is 895. The van der Waals surface area contributed by atoms with Crippen LogP contribution in [0.2, 0.25) is 0 Å². The Kier molecular flexibility index (Phi) is 12.8. The molecule has 2 heterocycles. The van der Waals surface area contributed by atoms with Gasteiger partial charge in [-0.2, -0.15) is 0 Å². The number of fused-ring (bicyclic) bond motifs is 1. The largest absolute Gasteiger partial charge is 0.480 e. The number of aliphatic carboxylic acids is 1. The van der Waals surface area contributed by atoms with Gasteiger partial charge in [-0.3, -0.25) is 0 Å². The van der Waals surface area contributed by atoms with E-state index in [2.05, 4.69) is 27.7 Å². The van der Waals surface area contributed by atoms with Crippen LogP contribution < -0.4 is 10.6 Å². The topological polar surface area (TPSA) is 107 Å². The number of aromatic nitrogens is 1. The molecule has 0 radical (unpaired) electrons. The number of urea groups is 1. The molecule has 9 nitrogen and oxygen atoms in total. The second-order valence-electron chi connectivity index (χ2n) is 11.6. The molecular formula is C30H51N5O4. The highest BCUT2D eigenvalue weighted by molar-refractivity contribution is 5.82. The Morgan fingerprint density at radius 2 is 1.82 bits per heavy atom. The summed E-state index contributed by atoms with van der Waals surface area (Å²) in [6, 6.07) is 3.08. The van der Waals surface area contributed by atoms with Crippen molar-refractivity contribution in [2.45, 2.75) is 116 Å². The summed E-state index contributed by atoms with van der Waals surface area (Å²) in [4.78, 5) is 33.7. The van der Waals surface area contributed by atoms with E-state index < -0.39 is 12.0 Å². The highest BCUT2D eigenvalue weighted by Gasteiger charge is 2.26. The van der Waals surface area contributed by atoms with Crippen LogP contribution in [0.15, 0.2) is 12.1 Å². The van der Waals surface area contributed by atoms with Gasteiger partial charge < -0.3 is 30.3 Å². The number of carboxylic acids is 1. The molecule has 0 aromatic carbocycles. The molecule has 1 aliphatic heterocycles. The molecule has 3 rings (SSSR count). The molecule has 220 valence electrons. The van der Waals surface area contributed by atoms with Crippen LogP contribution in [0.4, 0.5) is 10.6 Å². The van der Waals surface area contributed by atoms with E-state index in [0.717, 1.165) is 76.1 Å². The number of pyridine rings is 1. The zero-order valence-electron chi connectivity index (χ0n) is 24.6. The van der Waals surface area contributed by atoms with Crippen molar-refractivity contribution in [3.05, 3.63) is 23.4 Å². The molecule has 1 fully saturated rings. The van der Waals surface area contributed by atoms with Gasteiger partial charge in [-0.25, -0.2) is 14.6 Å². The summed E-state index contributed by atoms with van der Waals surface area (Å²) in [6.45, 7) is 11.6. The number of amides is 2. The third kappa shape index (κ3) is 10.3. The number of ether oxygens (including phenoxy) is 1. The fourth-order valence-corrected chi connectivity index (χ4v) is 5.75. The molecule has 1 aromatic rings. The van der Waals surface area contributed by atoms with Crippen molar-refractivity contribution in [1.29, 1.82) is 0 Å². The zero-order chi connectivity index (χ0) is 28.2. The normalized spacial score (nSPS) is 16.4. The fraction of sp³-hybridized carbons (Fsp3) is 0.767. The second-order valence-corrected chi connectivity index (χ2v) is 11.6. The number of rotatable bonds is 16. The SMILES string of the molecule is CC(C)N(C(=O)N[C@@H](CCN(CCCCc1ccc2c(n1)NCCC2)CCOC1CCCC1)C(=O)O)C(C)C. The highest BCUT2D eigenvalue weighted by atomic mass is 16.5. The minimum atomic E-state index is -0.995. The average Bonchev–Trinajstić information content (AvgIpc) is 3.41. The van der Waals surface area contributed by atoms with Crippen molar-refractivity contribution >= 4 is 17.8 Å². The lowest BCUT2D eigenvalue weighted by Crippen LogP contribution is -2.53. The van der Waals surface area contributed by atoms with Crippen molar-refractivity contribution in [2.75, 3.05) is 38.1 Å². The lowest BCUT2D eigenvalue weighted by Gasteiger charge is -2.32. The van der Waals surface area contributed by atoms with Crippen LogP contribution >= 0.6 is 0 Å². The van der Waals surface area contributed by atoms with Crippen LogP contribution in [0.5, 0.6) is 0 Å². The van der Waals surface area contributed by atoms with E-state index in [9.17, 15) is 14.7 Å². The first kappa shape index (κ1) is 31.1. The number of carbonyl (C=O) groups is 2. The van der Waals surface area contributed by atoms with Crippen molar-refractivity contribution in [2.24, 2.45) is 0 Å². The summed E-state index contributed by atoms with van der Waals surface area (Å²) in [5, 5.41) is 16.0. The minimum Gasteiger partial charge on any atom is -0.480 e. The number of hydrogen-bond acceptors (Lipinski definition) is 6. The maximum atomic E-state index is 12.8. The highest BCUT2D eigenvalue weighted by Crippen LogP contribution is 2.21. The van der Waals surface area contributed by atoms with Crippen LogP contribution in [-0.2, 0) is 22.4 Å². The van der Waals surface area contributed by atoms with Gasteiger partial charge in [0.15, 0.2) is 0 Å². The Morgan fingerprint density at radius 1 is 1.08 bits per heavy atom. The minimum absolute atomic E-state index is 0.0101. The van der Waals surface area contributed by atoms with Gasteiger partial charge in [-0.1, -0.05) is 18.9 Å². The third-order valence-corrected chi connectivity index (χ3v) is 7.85. The van der Waals surface area contributed by atoms with Crippen molar-refractivity contribution < 1.29 is 19.4 Å². The summed E-state index contributed by atoms with van der Waals surface area (Å²) < 4.78 is 6.11. The monoisotopic (exact) mass is 545 g/mol. The molecule has 9 heteroatoms. The number of aryl methyl sites for hydroxylation is 2. The number of nitrogens with one attached hydrogen (secondary N) is 2. The number of anilines is 1. The first-order valence-electron chi connectivity index (χ1n) is 15.1. The molecule has 0 spiro atoms. The van der Waals surface area contributed by atoms with E-state index in [1.165, 1.54) is 18.4 Å². The molecule has 1 saturated carbocycles. The molecular weight excluding hydrogens is 494 g/mol. The van der Waals surface area contributed by atoms with Crippen LogP contribution in [-0.4, -0.2) is 88.9 Å². The molecule has 39 heavy (non-hydrogen) atoms. The molecule has 0 bridgehead atoms. The smallest absolute Gasteiger partial charge is 0.326 e. The van der Waals surface area contributed by atoms with Crippen LogP contribution in [0, 0.1) is 0 Å². The summed E-state index contributed by atoms with van der Waals surface area (Å²) in [7, 11) is 0. The van der Waals surface area contributed by atoms with Gasteiger partial charge in [0, 0.05) is 37.4 Å². The van der Waals surface area contributed by atoms with Gasteiger partial charge in [-0.15, -0.1) is 0 Å². The lowest BCUT2D eigenvalue weighted by atomic mass is 10.1. The molecule has 1 atom stereocenters.